The Morgan fingerprint density at radius 3 is 2.14 bits per heavy atom. The maximum absolute atomic E-state index is 13.4. The lowest BCUT2D eigenvalue weighted by Crippen LogP contribution is -2.55. The van der Waals surface area contributed by atoms with E-state index in [-0.39, 0.29) is 13.1 Å². The number of alkyl halides is 3. The number of nitrogens with one attached hydrogen (secondary N) is 1. The molecule has 2 amide bonds. The van der Waals surface area contributed by atoms with Crippen LogP contribution in [0.2, 0.25) is 0 Å². The molecule has 1 aliphatic rings. The fourth-order valence-corrected chi connectivity index (χ4v) is 2.17. The minimum atomic E-state index is -4.78. The van der Waals surface area contributed by atoms with Crippen molar-refractivity contribution < 1.29 is 31.9 Å². The van der Waals surface area contributed by atoms with Crippen molar-refractivity contribution >= 4 is 11.7 Å². The maximum Gasteiger partial charge on any atom is 0.417 e. The quantitative estimate of drug-likeness (QED) is 0.781. The molecule has 2 rings (SSSR count). The predicted molar refractivity (Wildman–Crippen MR) is 67.2 cm³/mol. The summed E-state index contributed by atoms with van der Waals surface area (Å²) < 4.78 is 64.7. The molecule has 1 fully saturated rings. The van der Waals surface area contributed by atoms with Crippen LogP contribution in [-0.4, -0.2) is 40.9 Å². The van der Waals surface area contributed by atoms with Gasteiger partial charge in [-0.3, -0.25) is 0 Å². The van der Waals surface area contributed by atoms with Crippen molar-refractivity contribution in [1.82, 2.24) is 4.90 Å². The second-order valence-corrected chi connectivity index (χ2v) is 5.04. The zero-order chi connectivity index (χ0) is 16.5. The van der Waals surface area contributed by atoms with E-state index in [0.29, 0.717) is 0 Å². The van der Waals surface area contributed by atoms with Crippen molar-refractivity contribution in [3.8, 4) is 0 Å². The Balaban J connectivity index is 2.02. The first-order chi connectivity index (χ1) is 10.1. The van der Waals surface area contributed by atoms with Gasteiger partial charge in [0, 0.05) is 25.9 Å². The summed E-state index contributed by atoms with van der Waals surface area (Å²) in [5.41, 5.74) is -3.50. The summed E-state index contributed by atoms with van der Waals surface area (Å²) >= 11 is 0. The highest BCUT2D eigenvalue weighted by atomic mass is 19.4. The summed E-state index contributed by atoms with van der Waals surface area (Å²) in [6.45, 7) is -0.754. The minimum Gasteiger partial charge on any atom is -0.380 e. The van der Waals surface area contributed by atoms with Gasteiger partial charge in [0.05, 0.1) is 0 Å². The highest BCUT2D eigenvalue weighted by molar-refractivity contribution is 5.89. The summed E-state index contributed by atoms with van der Waals surface area (Å²) in [4.78, 5) is 12.8. The lowest BCUT2D eigenvalue weighted by atomic mass is 9.91. The normalized spacial score (nSPS) is 18.2. The molecule has 9 heteroatoms. The van der Waals surface area contributed by atoms with Crippen molar-refractivity contribution in [2.45, 2.75) is 24.6 Å². The molecule has 2 N–H and O–H groups in total. The predicted octanol–water partition coefficient (Wildman–Crippen LogP) is 2.89. The van der Waals surface area contributed by atoms with Crippen LogP contribution >= 0.6 is 0 Å². The lowest BCUT2D eigenvalue weighted by molar-refractivity contribution is -0.271. The van der Waals surface area contributed by atoms with Crippen LogP contribution in [0.1, 0.15) is 12.8 Å². The van der Waals surface area contributed by atoms with E-state index in [1.165, 1.54) is 0 Å². The van der Waals surface area contributed by atoms with Crippen molar-refractivity contribution in [3.63, 3.8) is 0 Å². The molecular formula is C13H13F5N2O2. The van der Waals surface area contributed by atoms with E-state index >= 15 is 0 Å². The molecule has 0 aromatic heterocycles. The van der Waals surface area contributed by atoms with Crippen molar-refractivity contribution in [2.75, 3.05) is 18.4 Å². The van der Waals surface area contributed by atoms with Crippen molar-refractivity contribution in [3.05, 3.63) is 29.8 Å². The number of halogens is 5. The third kappa shape index (κ3) is 3.13. The van der Waals surface area contributed by atoms with Crippen molar-refractivity contribution in [2.24, 2.45) is 0 Å². The number of piperidine rings is 1. The number of urea groups is 1. The topological polar surface area (TPSA) is 52.6 Å². The highest BCUT2D eigenvalue weighted by Gasteiger charge is 2.54. The molecule has 0 radical (unpaired) electrons. The molecule has 0 saturated carbocycles. The number of para-hydroxylation sites is 1. The first-order valence-corrected chi connectivity index (χ1v) is 6.43. The molecular weight excluding hydrogens is 311 g/mol. The maximum atomic E-state index is 13.4. The van der Waals surface area contributed by atoms with Gasteiger partial charge in [-0.25, -0.2) is 13.6 Å². The van der Waals surface area contributed by atoms with E-state index in [9.17, 15) is 31.9 Å². The van der Waals surface area contributed by atoms with E-state index in [1.54, 1.807) is 0 Å². The van der Waals surface area contributed by atoms with Crippen LogP contribution in [0, 0.1) is 11.6 Å². The van der Waals surface area contributed by atoms with Crippen molar-refractivity contribution in [1.29, 1.82) is 0 Å². The molecule has 0 spiro atoms. The van der Waals surface area contributed by atoms with Crippen LogP contribution in [0.3, 0.4) is 0 Å². The Kier molecular flexibility index (Phi) is 4.28. The number of likely N-dealkylation sites (tertiary alicyclic amines) is 1. The van der Waals surface area contributed by atoms with Gasteiger partial charge < -0.3 is 15.3 Å². The molecule has 1 aliphatic heterocycles. The van der Waals surface area contributed by atoms with E-state index in [4.69, 9.17) is 0 Å². The first kappa shape index (κ1) is 16.5. The van der Waals surface area contributed by atoms with E-state index in [1.807, 2.05) is 5.32 Å². The van der Waals surface area contributed by atoms with Crippen LogP contribution in [0.25, 0.3) is 0 Å². The number of carbonyl (C=O) groups excluding carboxylic acids is 1. The molecule has 4 nitrogen and oxygen atoms in total. The number of amides is 2. The lowest BCUT2D eigenvalue weighted by Gasteiger charge is -2.38. The monoisotopic (exact) mass is 324 g/mol. The van der Waals surface area contributed by atoms with Gasteiger partial charge in [0.15, 0.2) is 5.60 Å². The number of anilines is 1. The van der Waals surface area contributed by atoms with Gasteiger partial charge in [-0.2, -0.15) is 13.2 Å². The summed E-state index contributed by atoms with van der Waals surface area (Å²) in [5.74, 6) is -1.98. The molecule has 22 heavy (non-hydrogen) atoms. The Hall–Kier alpha value is -1.90. The second-order valence-electron chi connectivity index (χ2n) is 5.04. The second kappa shape index (κ2) is 5.71. The number of benzene rings is 1. The van der Waals surface area contributed by atoms with Crippen LogP contribution in [0.15, 0.2) is 18.2 Å². The Morgan fingerprint density at radius 1 is 1.18 bits per heavy atom. The number of hydrogen-bond donors (Lipinski definition) is 2. The largest absolute Gasteiger partial charge is 0.417 e. The van der Waals surface area contributed by atoms with Gasteiger partial charge in [-0.15, -0.1) is 0 Å². The van der Waals surface area contributed by atoms with Gasteiger partial charge in [-0.1, -0.05) is 6.07 Å². The number of carbonyl (C=O) groups is 1. The average Bonchev–Trinajstić information content (AvgIpc) is 2.42. The first-order valence-electron chi connectivity index (χ1n) is 6.43. The van der Waals surface area contributed by atoms with Gasteiger partial charge in [-0.05, 0) is 12.1 Å². The highest BCUT2D eigenvalue weighted by Crippen LogP contribution is 2.38. The van der Waals surface area contributed by atoms with E-state index < -0.39 is 48.0 Å². The zero-order valence-electron chi connectivity index (χ0n) is 11.3. The fraction of sp³-hybridized carbons (Fsp3) is 0.462. The molecule has 122 valence electrons. The third-order valence-electron chi connectivity index (χ3n) is 3.60. The SMILES string of the molecule is O=C(Nc1c(F)cccc1F)N1CCC(O)(C(F)(F)F)CC1. The molecule has 0 bridgehead atoms. The number of hydrogen-bond acceptors (Lipinski definition) is 2. The molecule has 0 atom stereocenters. The molecule has 1 saturated heterocycles. The van der Waals surface area contributed by atoms with Crippen LogP contribution in [-0.2, 0) is 0 Å². The number of nitrogens with zero attached hydrogens (tertiary/aromatic N) is 1. The smallest absolute Gasteiger partial charge is 0.380 e. The van der Waals surface area contributed by atoms with E-state index in [0.717, 1.165) is 23.1 Å². The Bertz CT molecular complexity index is 548. The van der Waals surface area contributed by atoms with Gasteiger partial charge in [0.25, 0.3) is 0 Å². The minimum absolute atomic E-state index is 0.377. The van der Waals surface area contributed by atoms with Crippen LogP contribution in [0.4, 0.5) is 32.4 Å². The number of rotatable bonds is 1. The molecule has 1 heterocycles. The standard InChI is InChI=1S/C13H13F5N2O2/c14-8-2-1-3-9(15)10(8)19-11(21)20-6-4-12(22,5-7-20)13(16,17)18/h1-3,22H,4-7H2,(H,19,21). The number of aliphatic hydroxyl groups is 1. The van der Waals surface area contributed by atoms with Gasteiger partial charge in [0.2, 0.25) is 0 Å². The zero-order valence-corrected chi connectivity index (χ0v) is 11.3. The van der Waals surface area contributed by atoms with Gasteiger partial charge in [0.1, 0.15) is 17.3 Å². The molecule has 0 unspecified atom stereocenters. The summed E-state index contributed by atoms with van der Waals surface area (Å²) in [5, 5.41) is 11.5. The Labute approximate surface area is 122 Å². The van der Waals surface area contributed by atoms with Crippen LogP contribution < -0.4 is 5.32 Å². The Morgan fingerprint density at radius 2 is 1.68 bits per heavy atom. The summed E-state index contributed by atoms with van der Waals surface area (Å²) in [6.07, 6.45) is -6.17. The molecule has 1 aromatic carbocycles. The van der Waals surface area contributed by atoms with E-state index in [2.05, 4.69) is 0 Å². The summed E-state index contributed by atoms with van der Waals surface area (Å²) in [6, 6.07) is 2.08. The van der Waals surface area contributed by atoms with Gasteiger partial charge >= 0.3 is 12.2 Å². The summed E-state index contributed by atoms with van der Waals surface area (Å²) in [7, 11) is 0. The average molecular weight is 324 g/mol. The molecule has 0 aliphatic carbocycles. The molecule has 1 aromatic rings. The third-order valence-corrected chi connectivity index (χ3v) is 3.60. The fourth-order valence-electron chi connectivity index (χ4n) is 2.17. The van der Waals surface area contributed by atoms with Crippen LogP contribution in [0.5, 0.6) is 0 Å².